The summed E-state index contributed by atoms with van der Waals surface area (Å²) in [5.74, 6) is 2.81. The van der Waals surface area contributed by atoms with E-state index in [-0.39, 0.29) is 0 Å². The maximum atomic E-state index is 5.98. The average Bonchev–Trinajstić information content (AvgIpc) is 3.58. The lowest BCUT2D eigenvalue weighted by molar-refractivity contribution is 0.513. The summed E-state index contributed by atoms with van der Waals surface area (Å²) >= 11 is 1.62. The second-order valence-corrected chi connectivity index (χ2v) is 8.07. The van der Waals surface area contributed by atoms with Gasteiger partial charge in [-0.3, -0.25) is 4.99 Å². The normalized spacial score (nSPS) is 11.7. The molecule has 0 bridgehead atoms. The second kappa shape index (κ2) is 9.07. The minimum absolute atomic E-state index is 0.491. The Morgan fingerprint density at radius 1 is 0.938 bits per heavy atom. The molecule has 0 atom stereocenters. The summed E-state index contributed by atoms with van der Waals surface area (Å²) < 4.78 is 12.7. The molecule has 0 aliphatic carbocycles. The lowest BCUT2D eigenvalue weighted by Crippen LogP contribution is -2.36. The summed E-state index contributed by atoms with van der Waals surface area (Å²) in [6, 6.07) is 21.8. The van der Waals surface area contributed by atoms with Gasteiger partial charge in [0.25, 0.3) is 0 Å². The van der Waals surface area contributed by atoms with Gasteiger partial charge >= 0.3 is 0 Å². The number of benzene rings is 2. The van der Waals surface area contributed by atoms with E-state index in [0.29, 0.717) is 24.9 Å². The zero-order valence-electron chi connectivity index (χ0n) is 17.4. The molecule has 0 saturated carbocycles. The van der Waals surface area contributed by atoms with Gasteiger partial charge in [0.2, 0.25) is 5.89 Å². The van der Waals surface area contributed by atoms with E-state index in [1.54, 1.807) is 24.6 Å². The number of hydrogen-bond acceptors (Lipinski definition) is 6. The molecule has 0 aliphatic rings. The third-order valence-corrected chi connectivity index (χ3v) is 5.88. The first kappa shape index (κ1) is 20.0. The van der Waals surface area contributed by atoms with E-state index in [4.69, 9.17) is 8.83 Å². The Kier molecular flexibility index (Phi) is 5.67. The summed E-state index contributed by atoms with van der Waals surface area (Å²) in [5.41, 5.74) is 2.72. The van der Waals surface area contributed by atoms with Crippen LogP contribution >= 0.6 is 11.3 Å². The fraction of sp³-hybridized carbons (Fsp3) is 0.125. The average molecular weight is 444 g/mol. The zero-order valence-corrected chi connectivity index (χ0v) is 18.2. The quantitative estimate of drug-likeness (QED) is 0.281. The number of nitrogens with zero attached hydrogens (tertiary/aromatic N) is 3. The molecule has 160 valence electrons. The van der Waals surface area contributed by atoms with Crippen LogP contribution in [-0.2, 0) is 13.1 Å². The van der Waals surface area contributed by atoms with Crippen LogP contribution in [0.1, 0.15) is 11.5 Å². The van der Waals surface area contributed by atoms with Crippen molar-refractivity contribution < 1.29 is 8.83 Å². The van der Waals surface area contributed by atoms with Crippen molar-refractivity contribution in [1.29, 1.82) is 0 Å². The third-order valence-electron chi connectivity index (χ3n) is 4.83. The monoisotopic (exact) mass is 443 g/mol. The van der Waals surface area contributed by atoms with Crippen LogP contribution in [-0.4, -0.2) is 23.0 Å². The van der Waals surface area contributed by atoms with Gasteiger partial charge in [0.1, 0.15) is 12.0 Å². The first-order valence-electron chi connectivity index (χ1n) is 10.2. The SMILES string of the molecule is CN=C(NCc1coc(-c2ccccc2)n1)NCc1ccc(-c2nc3ccccc3s2)o1. The van der Waals surface area contributed by atoms with Gasteiger partial charge in [-0.15, -0.1) is 11.3 Å². The maximum absolute atomic E-state index is 5.98. The van der Waals surface area contributed by atoms with Gasteiger partial charge in [0.15, 0.2) is 16.7 Å². The minimum atomic E-state index is 0.491. The van der Waals surface area contributed by atoms with Crippen molar-refractivity contribution in [3.8, 4) is 22.2 Å². The molecule has 5 rings (SSSR count). The number of thiazole rings is 1. The van der Waals surface area contributed by atoms with Crippen molar-refractivity contribution in [2.45, 2.75) is 13.1 Å². The molecule has 0 aliphatic heterocycles. The molecule has 0 radical (unpaired) electrons. The topological polar surface area (TPSA) is 88.5 Å². The number of rotatable bonds is 6. The van der Waals surface area contributed by atoms with Crippen LogP contribution in [0.4, 0.5) is 0 Å². The molecule has 5 aromatic rings. The standard InChI is InChI=1S/C24H21N5O2S/c1-25-24(26-13-17-15-30-22(28-17)16-7-3-2-4-8-16)27-14-18-11-12-20(31-18)23-29-19-9-5-6-10-21(19)32-23/h2-12,15H,13-14H2,1H3,(H2,25,26,27). The lowest BCUT2D eigenvalue weighted by Gasteiger charge is -2.09. The number of para-hydroxylation sites is 1. The molecular weight excluding hydrogens is 422 g/mol. The Balaban J connectivity index is 1.17. The molecule has 0 spiro atoms. The van der Waals surface area contributed by atoms with E-state index in [1.807, 2.05) is 60.7 Å². The molecule has 32 heavy (non-hydrogen) atoms. The minimum Gasteiger partial charge on any atom is -0.457 e. The van der Waals surface area contributed by atoms with Gasteiger partial charge in [-0.05, 0) is 36.4 Å². The molecule has 0 amide bonds. The number of aromatic nitrogens is 2. The molecule has 8 heteroatoms. The van der Waals surface area contributed by atoms with Crippen molar-refractivity contribution in [3.63, 3.8) is 0 Å². The Morgan fingerprint density at radius 3 is 2.59 bits per heavy atom. The van der Waals surface area contributed by atoms with Crippen LogP contribution in [0.15, 0.2) is 86.8 Å². The summed E-state index contributed by atoms with van der Waals surface area (Å²) in [6.07, 6.45) is 1.65. The largest absolute Gasteiger partial charge is 0.457 e. The smallest absolute Gasteiger partial charge is 0.226 e. The van der Waals surface area contributed by atoms with Crippen molar-refractivity contribution in [1.82, 2.24) is 20.6 Å². The van der Waals surface area contributed by atoms with Crippen LogP contribution in [0.25, 0.3) is 32.4 Å². The Labute approximate surface area is 188 Å². The highest BCUT2D eigenvalue weighted by Crippen LogP contribution is 2.31. The van der Waals surface area contributed by atoms with E-state index in [9.17, 15) is 0 Å². The van der Waals surface area contributed by atoms with E-state index < -0.39 is 0 Å². The van der Waals surface area contributed by atoms with Crippen molar-refractivity contribution in [3.05, 3.63) is 84.4 Å². The van der Waals surface area contributed by atoms with Crippen LogP contribution in [0.2, 0.25) is 0 Å². The van der Waals surface area contributed by atoms with E-state index in [1.165, 1.54) is 0 Å². The Morgan fingerprint density at radius 2 is 1.75 bits per heavy atom. The molecular formula is C24H21N5O2S. The first-order chi connectivity index (χ1) is 15.8. The second-order valence-electron chi connectivity index (χ2n) is 7.04. The van der Waals surface area contributed by atoms with Gasteiger partial charge < -0.3 is 19.5 Å². The maximum Gasteiger partial charge on any atom is 0.226 e. The predicted octanol–water partition coefficient (Wildman–Crippen LogP) is 5.08. The van der Waals surface area contributed by atoms with E-state index >= 15 is 0 Å². The predicted molar refractivity (Wildman–Crippen MR) is 126 cm³/mol. The van der Waals surface area contributed by atoms with Crippen LogP contribution in [0.5, 0.6) is 0 Å². The summed E-state index contributed by atoms with van der Waals surface area (Å²) in [7, 11) is 1.72. The summed E-state index contributed by atoms with van der Waals surface area (Å²) in [5, 5.41) is 7.37. The Hall–Kier alpha value is -3.91. The number of nitrogens with one attached hydrogen (secondary N) is 2. The fourth-order valence-electron chi connectivity index (χ4n) is 3.23. The molecule has 0 fully saturated rings. The summed E-state index contributed by atoms with van der Waals surface area (Å²) in [6.45, 7) is 0.990. The van der Waals surface area contributed by atoms with Crippen LogP contribution < -0.4 is 10.6 Å². The van der Waals surface area contributed by atoms with Gasteiger partial charge in [-0.2, -0.15) is 0 Å². The van der Waals surface area contributed by atoms with Crippen molar-refractivity contribution >= 4 is 27.5 Å². The van der Waals surface area contributed by atoms with Gasteiger partial charge in [0.05, 0.1) is 29.0 Å². The van der Waals surface area contributed by atoms with Crippen LogP contribution in [0.3, 0.4) is 0 Å². The van der Waals surface area contributed by atoms with Gasteiger partial charge in [-0.25, -0.2) is 9.97 Å². The number of oxazole rings is 1. The highest BCUT2D eigenvalue weighted by atomic mass is 32.1. The van der Waals surface area contributed by atoms with E-state index in [0.717, 1.165) is 38.0 Å². The highest BCUT2D eigenvalue weighted by Gasteiger charge is 2.11. The molecule has 3 heterocycles. The first-order valence-corrected chi connectivity index (χ1v) is 11.0. The highest BCUT2D eigenvalue weighted by molar-refractivity contribution is 7.21. The zero-order chi connectivity index (χ0) is 21.8. The molecule has 0 unspecified atom stereocenters. The number of aliphatic imine (C=N–C) groups is 1. The van der Waals surface area contributed by atoms with E-state index in [2.05, 4.69) is 31.7 Å². The number of fused-ring (bicyclic) bond motifs is 1. The van der Waals surface area contributed by atoms with Gasteiger partial charge in [0, 0.05) is 12.6 Å². The Bertz CT molecular complexity index is 1320. The fourth-order valence-corrected chi connectivity index (χ4v) is 4.16. The van der Waals surface area contributed by atoms with Crippen molar-refractivity contribution in [2.75, 3.05) is 7.05 Å². The lowest BCUT2D eigenvalue weighted by atomic mass is 10.2. The number of guanidine groups is 1. The molecule has 0 saturated heterocycles. The van der Waals surface area contributed by atoms with Crippen molar-refractivity contribution in [2.24, 2.45) is 4.99 Å². The van der Waals surface area contributed by atoms with Gasteiger partial charge in [-0.1, -0.05) is 30.3 Å². The van der Waals surface area contributed by atoms with Crippen LogP contribution in [0, 0.1) is 0 Å². The number of hydrogen-bond donors (Lipinski definition) is 2. The molecule has 2 aromatic carbocycles. The third kappa shape index (κ3) is 4.40. The summed E-state index contributed by atoms with van der Waals surface area (Å²) in [4.78, 5) is 13.4. The molecule has 7 nitrogen and oxygen atoms in total. The molecule has 2 N–H and O–H groups in total. The molecule has 3 aromatic heterocycles. The number of furan rings is 1.